The first-order chi connectivity index (χ1) is 27.8. The molecule has 296 valence electrons. The zero-order chi connectivity index (χ0) is 39.0. The Balaban J connectivity index is 0.751. The molecule has 3 saturated heterocycles. The molecule has 2 aromatic heterocycles. The van der Waals surface area contributed by atoms with Crippen molar-refractivity contribution in [2.45, 2.75) is 46.1 Å². The van der Waals surface area contributed by atoms with Gasteiger partial charge in [-0.25, -0.2) is 19.7 Å². The lowest BCUT2D eigenvalue weighted by Crippen LogP contribution is -2.51. The molecule has 3 fully saturated rings. The summed E-state index contributed by atoms with van der Waals surface area (Å²) in [6.45, 7) is 12.0. The topological polar surface area (TPSA) is 151 Å². The molecule has 0 saturated carbocycles. The number of aromatic nitrogens is 3. The number of aryl methyl sites for hydroxylation is 1. The standard InChI is InChI=1S/C42H49N11O4/c1-27-23-33(7-8-35(27)53-17-12-37(54)48-42(53)56)50-18-20-51(21-19-50)40(55)29-9-14-49(15-10-29)32-5-3-31(4-6-32)46-41-45-24-30-11-16-52(26-34(30)47-41)36-25-44-39-38(28(36)2)43-13-22-57-39/h3-8,23-25,29,43H,9-22,26H2,1-2H3,(H,45,46,47)(H,48,54,56). The number of pyridine rings is 1. The number of benzene rings is 2. The van der Waals surface area contributed by atoms with E-state index in [1.165, 1.54) is 5.56 Å². The van der Waals surface area contributed by atoms with Crippen molar-refractivity contribution >= 4 is 57.9 Å². The van der Waals surface area contributed by atoms with Crippen LogP contribution in [0.2, 0.25) is 0 Å². The van der Waals surface area contributed by atoms with Crippen LogP contribution in [0.25, 0.3) is 0 Å². The molecular formula is C42H49N11O4. The molecule has 0 atom stereocenters. The number of urea groups is 1. The molecule has 0 unspecified atom stereocenters. The average molecular weight is 772 g/mol. The second kappa shape index (κ2) is 15.4. The predicted octanol–water partition coefficient (Wildman–Crippen LogP) is 4.61. The lowest BCUT2D eigenvalue weighted by molar-refractivity contribution is -0.136. The van der Waals surface area contributed by atoms with Crippen LogP contribution < -0.4 is 40.3 Å². The first kappa shape index (κ1) is 36.5. The van der Waals surface area contributed by atoms with Gasteiger partial charge in [-0.1, -0.05) is 0 Å². The number of nitrogens with zero attached hydrogens (tertiary/aromatic N) is 8. The molecule has 0 bridgehead atoms. The van der Waals surface area contributed by atoms with Gasteiger partial charge in [0.2, 0.25) is 23.6 Å². The van der Waals surface area contributed by atoms with Crippen molar-refractivity contribution in [1.29, 1.82) is 0 Å². The number of nitrogens with one attached hydrogen (secondary N) is 3. The van der Waals surface area contributed by atoms with Crippen molar-refractivity contribution in [3.8, 4) is 5.88 Å². The summed E-state index contributed by atoms with van der Waals surface area (Å²) < 4.78 is 5.73. The van der Waals surface area contributed by atoms with Crippen molar-refractivity contribution in [3.05, 3.63) is 77.2 Å². The van der Waals surface area contributed by atoms with Crippen molar-refractivity contribution in [2.24, 2.45) is 5.92 Å². The summed E-state index contributed by atoms with van der Waals surface area (Å²) in [7, 11) is 0. The summed E-state index contributed by atoms with van der Waals surface area (Å²) in [5, 5.41) is 9.25. The zero-order valence-electron chi connectivity index (χ0n) is 32.6. The number of piperidine rings is 1. The Hall–Kier alpha value is -6.12. The number of imide groups is 1. The fourth-order valence-corrected chi connectivity index (χ4v) is 8.74. The summed E-state index contributed by atoms with van der Waals surface area (Å²) in [6.07, 6.45) is 6.69. The zero-order valence-corrected chi connectivity index (χ0v) is 32.6. The van der Waals surface area contributed by atoms with Crippen LogP contribution in [0.15, 0.2) is 54.9 Å². The highest BCUT2D eigenvalue weighted by atomic mass is 16.5. The van der Waals surface area contributed by atoms with Crippen LogP contribution in [-0.2, 0) is 22.6 Å². The van der Waals surface area contributed by atoms with Gasteiger partial charge in [0.05, 0.1) is 24.1 Å². The predicted molar refractivity (Wildman–Crippen MR) is 220 cm³/mol. The summed E-state index contributed by atoms with van der Waals surface area (Å²) in [6, 6.07) is 14.1. The van der Waals surface area contributed by atoms with Crippen molar-refractivity contribution in [3.63, 3.8) is 0 Å². The highest BCUT2D eigenvalue weighted by molar-refractivity contribution is 6.06. The fourth-order valence-electron chi connectivity index (χ4n) is 8.74. The van der Waals surface area contributed by atoms with Crippen LogP contribution >= 0.6 is 0 Å². The van der Waals surface area contributed by atoms with E-state index in [9.17, 15) is 14.4 Å². The third kappa shape index (κ3) is 7.45. The van der Waals surface area contributed by atoms with Gasteiger partial charge in [-0.05, 0) is 86.7 Å². The number of amides is 4. The Kier molecular flexibility index (Phi) is 9.89. The quantitative estimate of drug-likeness (QED) is 0.241. The number of hydrogen-bond acceptors (Lipinski definition) is 12. The van der Waals surface area contributed by atoms with Gasteiger partial charge in [-0.3, -0.25) is 19.8 Å². The van der Waals surface area contributed by atoms with E-state index >= 15 is 0 Å². The summed E-state index contributed by atoms with van der Waals surface area (Å²) in [4.78, 5) is 62.4. The van der Waals surface area contributed by atoms with Crippen LogP contribution in [0, 0.1) is 19.8 Å². The lowest BCUT2D eigenvalue weighted by atomic mass is 9.94. The molecule has 4 amide bonds. The normalized spacial score (nSPS) is 18.7. The molecule has 0 radical (unpaired) electrons. The minimum absolute atomic E-state index is 0.0352. The van der Waals surface area contributed by atoms with Crippen LogP contribution in [-0.4, -0.2) is 103 Å². The summed E-state index contributed by atoms with van der Waals surface area (Å²) in [5.74, 6) is 1.31. The number of piperazine rings is 1. The molecule has 4 aromatic rings. The van der Waals surface area contributed by atoms with Gasteiger partial charge in [0.15, 0.2) is 0 Å². The highest BCUT2D eigenvalue weighted by Crippen LogP contribution is 2.36. The molecule has 5 aliphatic rings. The minimum atomic E-state index is -0.374. The number of ether oxygens (including phenoxy) is 1. The van der Waals surface area contributed by atoms with Crippen LogP contribution in [0.5, 0.6) is 5.88 Å². The van der Waals surface area contributed by atoms with Gasteiger partial charge in [0, 0.05) is 106 Å². The van der Waals surface area contributed by atoms with Gasteiger partial charge >= 0.3 is 6.03 Å². The number of fused-ring (bicyclic) bond motifs is 2. The minimum Gasteiger partial charge on any atom is -0.474 e. The van der Waals surface area contributed by atoms with Crippen molar-refractivity contribution < 1.29 is 19.1 Å². The SMILES string of the molecule is Cc1cc(N2CCN(C(=O)C3CCN(c4ccc(Nc5ncc6c(n5)CN(c5cnc7c(c5C)NCCO7)CC6)cc4)CC3)CC2)ccc1N1CCC(=O)NC1=O. The van der Waals surface area contributed by atoms with Crippen LogP contribution in [0.4, 0.5) is 44.9 Å². The van der Waals surface area contributed by atoms with Crippen molar-refractivity contribution in [2.75, 3.05) is 95.7 Å². The lowest BCUT2D eigenvalue weighted by Gasteiger charge is -2.40. The van der Waals surface area contributed by atoms with Crippen LogP contribution in [0.1, 0.15) is 41.6 Å². The molecule has 0 spiro atoms. The van der Waals surface area contributed by atoms with E-state index in [1.54, 1.807) is 4.90 Å². The second-order valence-electron chi connectivity index (χ2n) is 15.5. The maximum absolute atomic E-state index is 13.6. The Bertz CT molecular complexity index is 2180. The van der Waals surface area contributed by atoms with Gasteiger partial charge < -0.3 is 35.0 Å². The molecule has 0 aliphatic carbocycles. The molecule has 7 heterocycles. The van der Waals surface area contributed by atoms with E-state index in [2.05, 4.69) is 77.9 Å². The molecule has 2 aromatic carbocycles. The summed E-state index contributed by atoms with van der Waals surface area (Å²) in [5.41, 5.74) is 10.3. The maximum atomic E-state index is 13.6. The third-order valence-corrected chi connectivity index (χ3v) is 12.0. The molecule has 15 heteroatoms. The van der Waals surface area contributed by atoms with Crippen molar-refractivity contribution in [1.82, 2.24) is 25.2 Å². The fraction of sp³-hybridized carbons (Fsp3) is 0.429. The molecular weight excluding hydrogens is 723 g/mol. The molecule has 3 N–H and O–H groups in total. The first-order valence-corrected chi connectivity index (χ1v) is 20.1. The van der Waals surface area contributed by atoms with Gasteiger partial charge in [0.1, 0.15) is 12.3 Å². The molecule has 9 rings (SSSR count). The molecule has 15 nitrogen and oxygen atoms in total. The number of carbonyl (C=O) groups is 3. The highest BCUT2D eigenvalue weighted by Gasteiger charge is 2.32. The maximum Gasteiger partial charge on any atom is 0.328 e. The number of carbonyl (C=O) groups excluding carboxylic acids is 3. The smallest absolute Gasteiger partial charge is 0.328 e. The Morgan fingerprint density at radius 2 is 1.60 bits per heavy atom. The van der Waals surface area contributed by atoms with Crippen LogP contribution in [0.3, 0.4) is 0 Å². The Labute approximate surface area is 332 Å². The number of anilines is 7. The largest absolute Gasteiger partial charge is 0.474 e. The average Bonchev–Trinajstić information content (AvgIpc) is 3.24. The van der Waals surface area contributed by atoms with E-state index in [0.29, 0.717) is 51.0 Å². The first-order valence-electron chi connectivity index (χ1n) is 20.1. The Morgan fingerprint density at radius 1 is 0.825 bits per heavy atom. The van der Waals surface area contributed by atoms with E-state index in [-0.39, 0.29) is 23.8 Å². The van der Waals surface area contributed by atoms with E-state index in [4.69, 9.17) is 9.72 Å². The molecule has 57 heavy (non-hydrogen) atoms. The number of rotatable bonds is 7. The number of hydrogen-bond donors (Lipinski definition) is 3. The van der Waals surface area contributed by atoms with Gasteiger partial charge in [-0.15, -0.1) is 0 Å². The molecule has 5 aliphatic heterocycles. The van der Waals surface area contributed by atoms with E-state index in [0.717, 1.165) is 109 Å². The monoisotopic (exact) mass is 771 g/mol. The van der Waals surface area contributed by atoms with E-state index < -0.39 is 0 Å². The van der Waals surface area contributed by atoms with E-state index in [1.807, 2.05) is 36.4 Å². The van der Waals surface area contributed by atoms with Gasteiger partial charge in [-0.2, -0.15) is 0 Å². The Morgan fingerprint density at radius 3 is 2.37 bits per heavy atom. The third-order valence-electron chi connectivity index (χ3n) is 12.0. The summed E-state index contributed by atoms with van der Waals surface area (Å²) >= 11 is 0. The second-order valence-corrected chi connectivity index (χ2v) is 15.5. The van der Waals surface area contributed by atoms with Gasteiger partial charge in [0.25, 0.3) is 0 Å².